The first-order valence-corrected chi connectivity index (χ1v) is 7.88. The van der Waals surface area contributed by atoms with Gasteiger partial charge in [-0.3, -0.25) is 0 Å². The Morgan fingerprint density at radius 3 is 2.82 bits per heavy atom. The molecule has 0 bridgehead atoms. The summed E-state index contributed by atoms with van der Waals surface area (Å²) in [4.78, 5) is 4.40. The van der Waals surface area contributed by atoms with E-state index < -0.39 is 0 Å². The molecular formula is C13H23N3S. The van der Waals surface area contributed by atoms with Crippen molar-refractivity contribution in [2.75, 3.05) is 6.26 Å². The summed E-state index contributed by atoms with van der Waals surface area (Å²) in [5.74, 6) is 1.17. The Morgan fingerprint density at radius 1 is 1.41 bits per heavy atom. The molecule has 0 spiro atoms. The maximum atomic E-state index is 4.40. The molecule has 1 heterocycles. The van der Waals surface area contributed by atoms with Crippen LogP contribution >= 0.6 is 11.8 Å². The summed E-state index contributed by atoms with van der Waals surface area (Å²) in [6.45, 7) is 4.08. The molecule has 96 valence electrons. The molecule has 0 aromatic carbocycles. The molecule has 0 atom stereocenters. The van der Waals surface area contributed by atoms with Gasteiger partial charge in [0.05, 0.1) is 6.54 Å². The molecule has 1 fully saturated rings. The number of aromatic nitrogens is 2. The lowest BCUT2D eigenvalue weighted by atomic mass is 9.95. The van der Waals surface area contributed by atoms with Crippen LogP contribution in [-0.4, -0.2) is 27.1 Å². The SMILES string of the molecule is CCn1ccnc1CNC1CCC(SC)CC1. The fourth-order valence-electron chi connectivity index (χ4n) is 2.53. The van der Waals surface area contributed by atoms with Crippen LogP contribution in [0.5, 0.6) is 0 Å². The highest BCUT2D eigenvalue weighted by molar-refractivity contribution is 7.99. The number of nitrogens with zero attached hydrogens (tertiary/aromatic N) is 2. The van der Waals surface area contributed by atoms with E-state index in [0.717, 1.165) is 18.3 Å². The second kappa shape index (κ2) is 6.45. The van der Waals surface area contributed by atoms with Gasteiger partial charge in [-0.15, -0.1) is 0 Å². The maximum absolute atomic E-state index is 4.40. The van der Waals surface area contributed by atoms with Crippen molar-refractivity contribution in [1.29, 1.82) is 0 Å². The molecule has 1 N–H and O–H groups in total. The molecule has 0 amide bonds. The van der Waals surface area contributed by atoms with Gasteiger partial charge in [-0.2, -0.15) is 11.8 Å². The first-order chi connectivity index (χ1) is 8.33. The Bertz CT molecular complexity index is 329. The van der Waals surface area contributed by atoms with Crippen LogP contribution in [0, 0.1) is 0 Å². The lowest BCUT2D eigenvalue weighted by Gasteiger charge is -2.28. The zero-order valence-corrected chi connectivity index (χ0v) is 11.7. The van der Waals surface area contributed by atoms with E-state index >= 15 is 0 Å². The topological polar surface area (TPSA) is 29.9 Å². The van der Waals surface area contributed by atoms with Crippen LogP contribution in [0.15, 0.2) is 12.4 Å². The predicted octanol–water partition coefficient (Wildman–Crippen LogP) is 2.67. The standard InChI is InChI=1S/C13H23N3S/c1-3-16-9-8-14-13(16)10-15-11-4-6-12(17-2)7-5-11/h8-9,11-12,15H,3-7,10H2,1-2H3. The van der Waals surface area contributed by atoms with Gasteiger partial charge in [-0.25, -0.2) is 4.98 Å². The van der Waals surface area contributed by atoms with Gasteiger partial charge in [0.25, 0.3) is 0 Å². The Hall–Kier alpha value is -0.480. The predicted molar refractivity (Wildman–Crippen MR) is 74.3 cm³/mol. The molecule has 0 radical (unpaired) electrons. The molecule has 0 aliphatic heterocycles. The summed E-state index contributed by atoms with van der Waals surface area (Å²) in [5.41, 5.74) is 0. The fraction of sp³-hybridized carbons (Fsp3) is 0.769. The van der Waals surface area contributed by atoms with Gasteiger partial charge in [0, 0.05) is 30.2 Å². The number of thioether (sulfide) groups is 1. The van der Waals surface area contributed by atoms with Gasteiger partial charge >= 0.3 is 0 Å². The number of rotatable bonds is 5. The fourth-order valence-corrected chi connectivity index (χ4v) is 3.28. The molecule has 3 nitrogen and oxygen atoms in total. The third-order valence-corrected chi connectivity index (χ3v) is 4.84. The molecule has 1 aliphatic carbocycles. The van der Waals surface area contributed by atoms with E-state index in [4.69, 9.17) is 0 Å². The van der Waals surface area contributed by atoms with E-state index in [1.165, 1.54) is 31.5 Å². The van der Waals surface area contributed by atoms with Gasteiger partial charge in [-0.1, -0.05) is 0 Å². The second-order valence-corrected chi connectivity index (χ2v) is 5.86. The maximum Gasteiger partial charge on any atom is 0.122 e. The Morgan fingerprint density at radius 2 is 2.18 bits per heavy atom. The third-order valence-electron chi connectivity index (χ3n) is 3.70. The lowest BCUT2D eigenvalue weighted by Crippen LogP contribution is -2.34. The number of aryl methyl sites for hydroxylation is 1. The van der Waals surface area contributed by atoms with Crippen molar-refractivity contribution < 1.29 is 0 Å². The summed E-state index contributed by atoms with van der Waals surface area (Å²) < 4.78 is 2.21. The van der Waals surface area contributed by atoms with Crippen LogP contribution in [0.2, 0.25) is 0 Å². The van der Waals surface area contributed by atoms with Gasteiger partial charge in [0.1, 0.15) is 5.82 Å². The highest BCUT2D eigenvalue weighted by atomic mass is 32.2. The normalized spacial score (nSPS) is 25.1. The highest BCUT2D eigenvalue weighted by Gasteiger charge is 2.20. The minimum absolute atomic E-state index is 0.695. The van der Waals surface area contributed by atoms with Gasteiger partial charge in [-0.05, 0) is 38.9 Å². The molecular weight excluding hydrogens is 230 g/mol. The highest BCUT2D eigenvalue weighted by Crippen LogP contribution is 2.26. The van der Waals surface area contributed by atoms with E-state index in [1.807, 2.05) is 18.0 Å². The number of hydrogen-bond donors (Lipinski definition) is 1. The van der Waals surface area contributed by atoms with Crippen LogP contribution in [0.25, 0.3) is 0 Å². The summed E-state index contributed by atoms with van der Waals surface area (Å²) in [6.07, 6.45) is 11.5. The third kappa shape index (κ3) is 3.49. The van der Waals surface area contributed by atoms with Gasteiger partial charge in [0.2, 0.25) is 0 Å². The molecule has 1 aliphatic rings. The van der Waals surface area contributed by atoms with Gasteiger partial charge in [0.15, 0.2) is 0 Å². The van der Waals surface area contributed by atoms with Crippen molar-refractivity contribution in [1.82, 2.24) is 14.9 Å². The van der Waals surface area contributed by atoms with Crippen LogP contribution in [-0.2, 0) is 13.1 Å². The zero-order chi connectivity index (χ0) is 12.1. The summed E-state index contributed by atoms with van der Waals surface area (Å²) >= 11 is 2.03. The van der Waals surface area contributed by atoms with Gasteiger partial charge < -0.3 is 9.88 Å². The van der Waals surface area contributed by atoms with Crippen molar-refractivity contribution in [2.24, 2.45) is 0 Å². The summed E-state index contributed by atoms with van der Waals surface area (Å²) in [6, 6.07) is 0.695. The van der Waals surface area contributed by atoms with E-state index in [9.17, 15) is 0 Å². The van der Waals surface area contributed by atoms with Crippen LogP contribution < -0.4 is 5.32 Å². The Labute approximate surface area is 108 Å². The first kappa shape index (κ1) is 13.0. The minimum Gasteiger partial charge on any atom is -0.334 e. The minimum atomic E-state index is 0.695. The van der Waals surface area contributed by atoms with E-state index in [-0.39, 0.29) is 0 Å². The van der Waals surface area contributed by atoms with Crippen molar-refractivity contribution in [2.45, 2.75) is 57.0 Å². The molecule has 1 aromatic heterocycles. The zero-order valence-electron chi connectivity index (χ0n) is 10.9. The van der Waals surface area contributed by atoms with Crippen molar-refractivity contribution in [3.63, 3.8) is 0 Å². The Balaban J connectivity index is 1.76. The quantitative estimate of drug-likeness (QED) is 0.875. The summed E-state index contributed by atoms with van der Waals surface area (Å²) in [5, 5.41) is 4.54. The molecule has 4 heteroatoms. The van der Waals surface area contributed by atoms with Crippen LogP contribution in [0.3, 0.4) is 0 Å². The lowest BCUT2D eigenvalue weighted by molar-refractivity contribution is 0.373. The number of hydrogen-bond acceptors (Lipinski definition) is 3. The number of nitrogens with one attached hydrogen (secondary N) is 1. The van der Waals surface area contributed by atoms with E-state index in [1.54, 1.807) is 0 Å². The molecule has 2 rings (SSSR count). The monoisotopic (exact) mass is 253 g/mol. The summed E-state index contributed by atoms with van der Waals surface area (Å²) in [7, 11) is 0. The smallest absolute Gasteiger partial charge is 0.122 e. The molecule has 1 saturated carbocycles. The Kier molecular flexibility index (Phi) is 4.92. The molecule has 17 heavy (non-hydrogen) atoms. The number of imidazole rings is 1. The van der Waals surface area contributed by atoms with Crippen LogP contribution in [0.1, 0.15) is 38.4 Å². The van der Waals surface area contributed by atoms with E-state index in [2.05, 4.69) is 34.2 Å². The van der Waals surface area contributed by atoms with E-state index in [0.29, 0.717) is 6.04 Å². The first-order valence-electron chi connectivity index (χ1n) is 6.59. The molecule has 1 aromatic rings. The molecule has 0 saturated heterocycles. The van der Waals surface area contributed by atoms with Crippen molar-refractivity contribution in [3.8, 4) is 0 Å². The van der Waals surface area contributed by atoms with Crippen molar-refractivity contribution >= 4 is 11.8 Å². The average Bonchev–Trinajstić information content (AvgIpc) is 2.84. The van der Waals surface area contributed by atoms with Crippen molar-refractivity contribution in [3.05, 3.63) is 18.2 Å². The largest absolute Gasteiger partial charge is 0.334 e. The molecule has 0 unspecified atom stereocenters. The average molecular weight is 253 g/mol. The van der Waals surface area contributed by atoms with Crippen LogP contribution in [0.4, 0.5) is 0 Å². The second-order valence-electron chi connectivity index (χ2n) is 4.72.